The summed E-state index contributed by atoms with van der Waals surface area (Å²) in [7, 11) is 0. The van der Waals surface area contributed by atoms with E-state index in [0.29, 0.717) is 50.5 Å². The molecule has 3 nitrogen and oxygen atoms in total. The van der Waals surface area contributed by atoms with E-state index in [1.165, 1.54) is 85.2 Å². The fraction of sp³-hybridized carbons (Fsp3) is 0.174. The summed E-state index contributed by atoms with van der Waals surface area (Å²) in [5, 5.41) is 0. The number of halogens is 10. The highest BCUT2D eigenvalue weighted by Crippen LogP contribution is 2.60. The maximum absolute atomic E-state index is 15.9. The molecule has 0 radical (unpaired) electrons. The molecule has 13 heteroatoms. The number of rotatable bonds is 13. The zero-order valence-corrected chi connectivity index (χ0v) is 43.7. The highest BCUT2D eigenvalue weighted by molar-refractivity contribution is 5.93. The van der Waals surface area contributed by atoms with Crippen LogP contribution in [0.4, 0.5) is 43.9 Å². The Labute approximate surface area is 467 Å². The van der Waals surface area contributed by atoms with E-state index in [0.717, 1.165) is 27.8 Å². The van der Waals surface area contributed by atoms with Crippen LogP contribution in [0.3, 0.4) is 0 Å². The van der Waals surface area contributed by atoms with Gasteiger partial charge in [-0.2, -0.15) is 35.1 Å². The molecule has 82 heavy (non-hydrogen) atoms. The Morgan fingerprint density at radius 3 is 1.12 bits per heavy atom. The maximum Gasteiger partial charge on any atom is 0.311 e. The monoisotopic (exact) mass is 1110 g/mol. The number of alkyl halides is 8. The summed E-state index contributed by atoms with van der Waals surface area (Å²) in [5.41, 5.74) is 5.85. The first-order valence-corrected chi connectivity index (χ1v) is 26.7. The van der Waals surface area contributed by atoms with Gasteiger partial charge in [-0.3, -0.25) is 15.0 Å². The summed E-state index contributed by atoms with van der Waals surface area (Å²) >= 11 is 0. The van der Waals surface area contributed by atoms with Crippen LogP contribution >= 0.6 is 0 Å². The molecular formula is C69H49F10N3. The minimum Gasteiger partial charge on any atom is -0.256 e. The van der Waals surface area contributed by atoms with Gasteiger partial charge in [0, 0.05) is 77.4 Å². The molecule has 0 atom stereocenters. The van der Waals surface area contributed by atoms with Crippen molar-refractivity contribution in [1.29, 1.82) is 0 Å². The van der Waals surface area contributed by atoms with E-state index >= 15 is 35.1 Å². The van der Waals surface area contributed by atoms with Crippen molar-refractivity contribution in [2.75, 3.05) is 0 Å². The molecule has 2 saturated carbocycles. The summed E-state index contributed by atoms with van der Waals surface area (Å²) in [6.07, 6.45) is -1.72. The molecule has 12 rings (SSSR count). The quantitative estimate of drug-likeness (QED) is 0.108. The van der Waals surface area contributed by atoms with E-state index in [9.17, 15) is 8.78 Å². The fourth-order valence-electron chi connectivity index (χ4n) is 12.2. The fourth-order valence-corrected chi connectivity index (χ4v) is 12.2. The molecule has 0 aliphatic heterocycles. The topological polar surface area (TPSA) is 38.7 Å². The van der Waals surface area contributed by atoms with Crippen molar-refractivity contribution in [3.05, 3.63) is 259 Å². The minimum absolute atomic E-state index is 0.0777. The van der Waals surface area contributed by atoms with Crippen LogP contribution in [-0.4, -0.2) is 38.6 Å². The van der Waals surface area contributed by atoms with Gasteiger partial charge < -0.3 is 0 Å². The summed E-state index contributed by atoms with van der Waals surface area (Å²) in [5.74, 6) is -18.9. The van der Waals surface area contributed by atoms with Crippen LogP contribution in [0.15, 0.2) is 225 Å². The first kappa shape index (κ1) is 53.9. The lowest BCUT2D eigenvalue weighted by atomic mass is 9.72. The second-order valence-corrected chi connectivity index (χ2v) is 21.8. The Morgan fingerprint density at radius 1 is 0.293 bits per heavy atom. The van der Waals surface area contributed by atoms with Gasteiger partial charge in [-0.15, -0.1) is 0 Å². The van der Waals surface area contributed by atoms with E-state index in [1.54, 1.807) is 30.5 Å². The molecule has 3 aromatic heterocycles. The standard InChI is InChI=1S/C69H49F10N3/c70-55-25-19-50(20-26-55)61-29-23-53(37-80-61)64(40-66(72,73)67(74,75)41-64)35-44-31-45(36-65(42-68(76,77)69(78,79)43-65)54-24-30-62(81-38-54)51-21-27-56(71)28-22-51)33-52(32-44)57-13-7-8-14-58(57)60-39-82-63(49-11-5-2-6-12-49)34-59(60)48-17-15-47(16-18-48)46-9-3-1-4-10-46/h1-34,37-39H,35-36,40-43H2. The molecule has 0 saturated heterocycles. The van der Waals surface area contributed by atoms with Crippen molar-refractivity contribution in [2.45, 2.75) is 73.0 Å². The molecule has 3 heterocycles. The lowest BCUT2D eigenvalue weighted by Gasteiger charge is -2.32. The van der Waals surface area contributed by atoms with Crippen LogP contribution in [0.1, 0.15) is 47.9 Å². The number of benzene rings is 7. The first-order chi connectivity index (χ1) is 39.3. The van der Waals surface area contributed by atoms with Crippen molar-refractivity contribution in [2.24, 2.45) is 0 Å². The minimum atomic E-state index is -4.47. The predicted molar refractivity (Wildman–Crippen MR) is 300 cm³/mol. The van der Waals surface area contributed by atoms with Gasteiger partial charge in [0.25, 0.3) is 0 Å². The van der Waals surface area contributed by atoms with Crippen molar-refractivity contribution in [1.82, 2.24) is 15.0 Å². The molecule has 0 spiro atoms. The van der Waals surface area contributed by atoms with E-state index in [1.807, 2.05) is 109 Å². The smallest absolute Gasteiger partial charge is 0.256 e. The van der Waals surface area contributed by atoms with Crippen LogP contribution in [0.25, 0.3) is 78.3 Å². The Balaban J connectivity index is 1.03. The molecule has 0 amide bonds. The van der Waals surface area contributed by atoms with E-state index in [2.05, 4.69) is 9.97 Å². The lowest BCUT2D eigenvalue weighted by molar-refractivity contribution is -0.185. The number of hydrogen-bond acceptors (Lipinski definition) is 3. The maximum atomic E-state index is 15.9. The predicted octanol–water partition coefficient (Wildman–Crippen LogP) is 18.9. The van der Waals surface area contributed by atoms with Crippen molar-refractivity contribution in [3.8, 4) is 78.3 Å². The largest absolute Gasteiger partial charge is 0.311 e. The SMILES string of the molecule is Fc1ccc(-c2ccc(C3(Cc4cc(CC5(c6ccc(-c7ccc(F)cc7)nc6)CC(F)(F)C(F)(F)C5)cc(-c5ccccc5-c5cnc(-c6ccccc6)cc5-c5ccc(-c6ccccc6)cc5)c4)CC(F)(F)C(F)(F)C3)cn2)cc1. The van der Waals surface area contributed by atoms with Crippen molar-refractivity contribution < 1.29 is 43.9 Å². The Hall–Kier alpha value is -8.71. The Morgan fingerprint density at radius 2 is 0.671 bits per heavy atom. The second kappa shape index (κ2) is 20.7. The Bertz CT molecular complexity index is 3750. The van der Waals surface area contributed by atoms with Crippen LogP contribution in [0.2, 0.25) is 0 Å². The van der Waals surface area contributed by atoms with Gasteiger partial charge in [-0.1, -0.05) is 140 Å². The van der Waals surface area contributed by atoms with Gasteiger partial charge >= 0.3 is 23.7 Å². The third kappa shape index (κ3) is 10.3. The number of aromatic nitrogens is 3. The highest BCUT2D eigenvalue weighted by atomic mass is 19.3. The molecule has 7 aromatic carbocycles. The van der Waals surface area contributed by atoms with Crippen LogP contribution in [0.5, 0.6) is 0 Å². The molecule has 2 aliphatic carbocycles. The van der Waals surface area contributed by atoms with Gasteiger partial charge in [-0.25, -0.2) is 8.78 Å². The zero-order valence-electron chi connectivity index (χ0n) is 43.7. The van der Waals surface area contributed by atoms with Gasteiger partial charge in [0.05, 0.1) is 17.1 Å². The molecule has 10 aromatic rings. The molecule has 0 bridgehead atoms. The number of hydrogen-bond donors (Lipinski definition) is 0. The molecule has 0 N–H and O–H groups in total. The second-order valence-electron chi connectivity index (χ2n) is 21.8. The molecule has 410 valence electrons. The summed E-state index contributed by atoms with van der Waals surface area (Å²) < 4.78 is 155. The third-order valence-corrected chi connectivity index (χ3v) is 16.3. The number of nitrogens with zero attached hydrogens (tertiary/aromatic N) is 3. The Kier molecular flexibility index (Phi) is 13.6. The molecule has 2 aliphatic rings. The van der Waals surface area contributed by atoms with E-state index in [-0.39, 0.29) is 22.3 Å². The third-order valence-electron chi connectivity index (χ3n) is 16.3. The number of pyridine rings is 3. The zero-order chi connectivity index (χ0) is 57.1. The van der Waals surface area contributed by atoms with Crippen LogP contribution in [-0.2, 0) is 23.7 Å². The van der Waals surface area contributed by atoms with Crippen LogP contribution in [0, 0.1) is 11.6 Å². The van der Waals surface area contributed by atoms with Gasteiger partial charge in [-0.05, 0) is 141 Å². The van der Waals surface area contributed by atoms with Gasteiger partial charge in [0.1, 0.15) is 11.6 Å². The van der Waals surface area contributed by atoms with E-state index in [4.69, 9.17) is 4.98 Å². The van der Waals surface area contributed by atoms with Crippen molar-refractivity contribution in [3.63, 3.8) is 0 Å². The van der Waals surface area contributed by atoms with Crippen LogP contribution < -0.4 is 0 Å². The summed E-state index contributed by atoms with van der Waals surface area (Å²) in [6.45, 7) is 0. The van der Waals surface area contributed by atoms with Crippen molar-refractivity contribution >= 4 is 0 Å². The average molecular weight is 1110 g/mol. The highest BCUT2D eigenvalue weighted by Gasteiger charge is 2.70. The summed E-state index contributed by atoms with van der Waals surface area (Å²) in [4.78, 5) is 13.9. The molecule has 0 unspecified atom stereocenters. The average Bonchev–Trinajstić information content (AvgIpc) is 3.87. The summed E-state index contributed by atoms with van der Waals surface area (Å²) in [6, 6.07) is 58.6. The molecular weight excluding hydrogens is 1060 g/mol. The lowest BCUT2D eigenvalue weighted by Crippen LogP contribution is -2.33. The first-order valence-electron chi connectivity index (χ1n) is 26.7. The normalized spacial score (nSPS) is 17.1. The van der Waals surface area contributed by atoms with E-state index < -0.39 is 84.7 Å². The van der Waals surface area contributed by atoms with Gasteiger partial charge in [0.2, 0.25) is 0 Å². The molecule has 2 fully saturated rings. The van der Waals surface area contributed by atoms with Gasteiger partial charge in [0.15, 0.2) is 0 Å².